The van der Waals surface area contributed by atoms with E-state index in [1.54, 1.807) is 36.6 Å². The van der Waals surface area contributed by atoms with Crippen LogP contribution in [0.1, 0.15) is 34.5 Å². The maximum Gasteiger partial charge on any atom is 0.239 e. The lowest BCUT2D eigenvalue weighted by Crippen LogP contribution is -2.62. The molecular weight excluding hydrogens is 394 g/mol. The Labute approximate surface area is 179 Å². The largest absolute Gasteiger partial charge is 0.346 e. The number of nitrogens with one attached hydrogen (secondary N) is 2. The third-order valence-electron chi connectivity index (χ3n) is 5.62. The summed E-state index contributed by atoms with van der Waals surface area (Å²) < 4.78 is 0. The van der Waals surface area contributed by atoms with Crippen LogP contribution >= 0.6 is 11.3 Å². The number of amides is 1. The predicted octanol–water partition coefficient (Wildman–Crippen LogP) is 3.99. The second-order valence-electron chi connectivity index (χ2n) is 7.57. The van der Waals surface area contributed by atoms with Crippen LogP contribution in [0, 0.1) is 23.7 Å². The van der Waals surface area contributed by atoms with Gasteiger partial charge in [0.1, 0.15) is 0 Å². The minimum absolute atomic E-state index is 0.0377. The van der Waals surface area contributed by atoms with E-state index >= 15 is 0 Å². The molecule has 2 N–H and O–H groups in total. The first-order valence-electron chi connectivity index (χ1n) is 9.51. The Morgan fingerprint density at radius 1 is 1.27 bits per heavy atom. The molecule has 1 aromatic heterocycles. The number of benzene rings is 2. The van der Waals surface area contributed by atoms with E-state index in [1.807, 2.05) is 49.6 Å². The fourth-order valence-corrected chi connectivity index (χ4v) is 4.54. The van der Waals surface area contributed by atoms with E-state index in [0.29, 0.717) is 5.56 Å². The summed E-state index contributed by atoms with van der Waals surface area (Å²) in [5.74, 6) is -0.687. The van der Waals surface area contributed by atoms with Gasteiger partial charge in [0.15, 0.2) is 5.96 Å². The summed E-state index contributed by atoms with van der Waals surface area (Å²) in [5.41, 5.74) is 3.19. The van der Waals surface area contributed by atoms with E-state index in [1.165, 1.54) is 4.90 Å². The molecule has 2 heterocycles. The zero-order valence-electron chi connectivity index (χ0n) is 16.9. The molecule has 0 unspecified atom stereocenters. The molecule has 0 saturated carbocycles. The van der Waals surface area contributed by atoms with Crippen LogP contribution in [0.3, 0.4) is 0 Å². The number of likely N-dealkylation sites (N-methyl/N-ethyl adjacent to an activating group) is 1. The van der Waals surface area contributed by atoms with Gasteiger partial charge < -0.3 is 5.32 Å². The zero-order valence-corrected chi connectivity index (χ0v) is 17.7. The number of aromatic nitrogens is 1. The molecule has 0 radical (unpaired) electrons. The minimum Gasteiger partial charge on any atom is -0.346 e. The van der Waals surface area contributed by atoms with Gasteiger partial charge in [0, 0.05) is 18.0 Å². The predicted molar refractivity (Wildman–Crippen MR) is 117 cm³/mol. The topological polar surface area (TPSA) is 92.9 Å². The van der Waals surface area contributed by atoms with E-state index < -0.39 is 11.5 Å². The van der Waals surface area contributed by atoms with Gasteiger partial charge in [-0.2, -0.15) is 5.26 Å². The Balaban J connectivity index is 1.80. The third-order valence-corrected chi connectivity index (χ3v) is 6.39. The molecule has 7 heteroatoms. The van der Waals surface area contributed by atoms with Crippen molar-refractivity contribution in [2.45, 2.75) is 25.3 Å². The average molecular weight is 416 g/mol. The second-order valence-corrected chi connectivity index (χ2v) is 8.63. The molecule has 2 aromatic carbocycles. The lowest BCUT2D eigenvalue weighted by molar-refractivity contribution is -0.131. The number of rotatable bonds is 3. The lowest BCUT2D eigenvalue weighted by Gasteiger charge is -2.46. The van der Waals surface area contributed by atoms with Crippen LogP contribution in [0.25, 0.3) is 11.3 Å². The number of aryl methyl sites for hydroxylation is 1. The van der Waals surface area contributed by atoms with Crippen LogP contribution in [0.15, 0.2) is 53.9 Å². The maximum atomic E-state index is 13.3. The molecule has 150 valence electrons. The van der Waals surface area contributed by atoms with Crippen molar-refractivity contribution >= 4 is 23.2 Å². The van der Waals surface area contributed by atoms with Crippen molar-refractivity contribution in [2.75, 3.05) is 7.05 Å². The van der Waals surface area contributed by atoms with Crippen molar-refractivity contribution in [1.82, 2.24) is 15.2 Å². The van der Waals surface area contributed by atoms with Gasteiger partial charge in [0.2, 0.25) is 5.91 Å². The zero-order chi connectivity index (χ0) is 21.5. The second kappa shape index (κ2) is 7.39. The molecule has 1 aliphatic rings. The van der Waals surface area contributed by atoms with Crippen LogP contribution < -0.4 is 5.32 Å². The van der Waals surface area contributed by atoms with Crippen molar-refractivity contribution in [3.8, 4) is 17.3 Å². The first-order chi connectivity index (χ1) is 14.3. The van der Waals surface area contributed by atoms with Crippen LogP contribution in [-0.4, -0.2) is 28.8 Å². The number of nitriles is 1. The number of hydrogen-bond donors (Lipinski definition) is 2. The molecule has 2 atom stereocenters. The van der Waals surface area contributed by atoms with Crippen molar-refractivity contribution in [1.29, 1.82) is 10.7 Å². The molecule has 4 rings (SSSR count). The molecule has 6 nitrogen and oxygen atoms in total. The monoisotopic (exact) mass is 415 g/mol. The summed E-state index contributed by atoms with van der Waals surface area (Å²) in [4.78, 5) is 19.2. The van der Waals surface area contributed by atoms with Crippen LogP contribution in [0.5, 0.6) is 0 Å². The SMILES string of the molecule is Cc1nc(-c2ccc([C@H]3C(=O)N(C)C(=N)N[C@]3(C)c3cccc(C#N)c3)cc2)cs1. The molecule has 1 saturated heterocycles. The molecule has 30 heavy (non-hydrogen) atoms. The summed E-state index contributed by atoms with van der Waals surface area (Å²) >= 11 is 1.60. The quantitative estimate of drug-likeness (QED) is 0.677. The molecule has 0 aliphatic carbocycles. The van der Waals surface area contributed by atoms with Gasteiger partial charge >= 0.3 is 0 Å². The standard InChI is InChI=1S/C23H21N5OS/c1-14-26-19(13-30-14)16-7-9-17(10-8-16)20-21(29)28(3)22(25)27-23(20,2)18-6-4-5-15(11-18)12-24/h4-11,13,20H,1-3H3,(H2,25,27)/t20-,23+/m0/s1. The third kappa shape index (κ3) is 3.25. The maximum absolute atomic E-state index is 13.3. The van der Waals surface area contributed by atoms with E-state index in [4.69, 9.17) is 5.41 Å². The van der Waals surface area contributed by atoms with Crippen molar-refractivity contribution in [3.63, 3.8) is 0 Å². The summed E-state index contributed by atoms with van der Waals surface area (Å²) in [5, 5.41) is 23.8. The van der Waals surface area contributed by atoms with Gasteiger partial charge in [0.05, 0.1) is 33.8 Å². The van der Waals surface area contributed by atoms with E-state index in [-0.39, 0.29) is 11.9 Å². The number of thiazole rings is 1. The summed E-state index contributed by atoms with van der Waals surface area (Å²) in [6, 6.07) is 17.2. The van der Waals surface area contributed by atoms with Gasteiger partial charge in [0.25, 0.3) is 0 Å². The van der Waals surface area contributed by atoms with Crippen molar-refractivity contribution in [2.24, 2.45) is 0 Å². The van der Waals surface area contributed by atoms with Crippen LogP contribution in [0.4, 0.5) is 0 Å². The van der Waals surface area contributed by atoms with E-state index in [9.17, 15) is 10.1 Å². The minimum atomic E-state index is -0.869. The van der Waals surface area contributed by atoms with Gasteiger partial charge in [-0.3, -0.25) is 15.1 Å². The van der Waals surface area contributed by atoms with Crippen LogP contribution in [0.2, 0.25) is 0 Å². The number of guanidine groups is 1. The fourth-order valence-electron chi connectivity index (χ4n) is 3.92. The Morgan fingerprint density at radius 3 is 2.63 bits per heavy atom. The molecular formula is C23H21N5OS. The Kier molecular flexibility index (Phi) is 4.88. The highest BCUT2D eigenvalue weighted by atomic mass is 32.1. The Morgan fingerprint density at radius 2 is 2.00 bits per heavy atom. The summed E-state index contributed by atoms with van der Waals surface area (Å²) in [6.45, 7) is 3.88. The Bertz CT molecular complexity index is 1180. The first-order valence-corrected chi connectivity index (χ1v) is 10.4. The molecule has 0 spiro atoms. The normalized spacial score (nSPS) is 21.3. The highest BCUT2D eigenvalue weighted by molar-refractivity contribution is 7.09. The Hall–Kier alpha value is -3.50. The fraction of sp³-hybridized carbons (Fsp3) is 0.217. The van der Waals surface area contributed by atoms with Gasteiger partial charge in [-0.15, -0.1) is 11.3 Å². The number of carbonyl (C=O) groups excluding carboxylic acids is 1. The van der Waals surface area contributed by atoms with Crippen molar-refractivity contribution in [3.05, 3.63) is 75.6 Å². The highest BCUT2D eigenvalue weighted by Gasteiger charge is 2.48. The molecule has 1 aliphatic heterocycles. The number of hydrogen-bond acceptors (Lipinski definition) is 5. The van der Waals surface area contributed by atoms with Crippen molar-refractivity contribution < 1.29 is 4.79 Å². The number of nitrogens with zero attached hydrogens (tertiary/aromatic N) is 3. The average Bonchev–Trinajstić information content (AvgIpc) is 3.19. The van der Waals surface area contributed by atoms with Crippen LogP contribution in [-0.2, 0) is 10.3 Å². The lowest BCUT2D eigenvalue weighted by atomic mass is 9.73. The van der Waals surface area contributed by atoms with Gasteiger partial charge in [-0.25, -0.2) is 4.98 Å². The molecule has 1 fully saturated rings. The highest BCUT2D eigenvalue weighted by Crippen LogP contribution is 2.41. The van der Waals surface area contributed by atoms with E-state index in [2.05, 4.69) is 16.4 Å². The molecule has 1 amide bonds. The molecule has 0 bridgehead atoms. The number of carbonyl (C=O) groups is 1. The summed E-state index contributed by atoms with van der Waals surface area (Å²) in [7, 11) is 1.60. The first kappa shape index (κ1) is 19.8. The summed E-state index contributed by atoms with van der Waals surface area (Å²) in [6.07, 6.45) is 0. The van der Waals surface area contributed by atoms with Gasteiger partial charge in [-0.05, 0) is 37.1 Å². The van der Waals surface area contributed by atoms with Gasteiger partial charge in [-0.1, -0.05) is 36.4 Å². The smallest absolute Gasteiger partial charge is 0.239 e. The molecule has 3 aromatic rings. The van der Waals surface area contributed by atoms with E-state index in [0.717, 1.165) is 27.4 Å².